The van der Waals surface area contributed by atoms with Crippen molar-refractivity contribution in [2.45, 2.75) is 19.9 Å². The number of aromatic nitrogens is 2. The molecular formula is C13H23N5. The van der Waals surface area contributed by atoms with Gasteiger partial charge in [-0.25, -0.2) is 4.68 Å². The van der Waals surface area contributed by atoms with Gasteiger partial charge in [0.05, 0.1) is 12.2 Å². The van der Waals surface area contributed by atoms with Crippen LogP contribution in [0.15, 0.2) is 12.3 Å². The van der Waals surface area contributed by atoms with Gasteiger partial charge in [0.2, 0.25) is 0 Å². The van der Waals surface area contributed by atoms with E-state index in [0.717, 1.165) is 38.5 Å². The summed E-state index contributed by atoms with van der Waals surface area (Å²) in [6.45, 7) is 9.99. The molecule has 3 N–H and O–H groups in total. The van der Waals surface area contributed by atoms with Gasteiger partial charge in [-0.15, -0.1) is 0 Å². The van der Waals surface area contributed by atoms with Crippen molar-refractivity contribution in [3.05, 3.63) is 12.3 Å². The number of rotatable bonds is 4. The van der Waals surface area contributed by atoms with Crippen LogP contribution in [-0.2, 0) is 0 Å². The summed E-state index contributed by atoms with van der Waals surface area (Å²) in [6, 6.07) is 2.60. The molecule has 0 aliphatic carbocycles. The van der Waals surface area contributed by atoms with Crippen molar-refractivity contribution in [1.82, 2.24) is 20.4 Å². The van der Waals surface area contributed by atoms with Gasteiger partial charge in [-0.05, 0) is 12.5 Å². The second-order valence-corrected chi connectivity index (χ2v) is 6.01. The molecule has 2 aliphatic heterocycles. The standard InChI is InChI=1S/C13H23N5/c1-10-5-15-8-13(10,2)9-16-12-3-4-17-18(12)11-6-14-7-11/h3-4,10-11,14-16H,5-9H2,1-2H3/t10-,13+/m1/s1. The van der Waals surface area contributed by atoms with Crippen LogP contribution in [0, 0.1) is 11.3 Å². The van der Waals surface area contributed by atoms with Crippen LogP contribution >= 0.6 is 0 Å². The van der Waals surface area contributed by atoms with Gasteiger partial charge in [0.15, 0.2) is 0 Å². The molecule has 5 nitrogen and oxygen atoms in total. The molecule has 0 aromatic carbocycles. The fraction of sp³-hybridized carbons (Fsp3) is 0.769. The van der Waals surface area contributed by atoms with Crippen LogP contribution in [0.1, 0.15) is 19.9 Å². The van der Waals surface area contributed by atoms with Crippen LogP contribution in [0.2, 0.25) is 0 Å². The first kappa shape index (κ1) is 12.0. The van der Waals surface area contributed by atoms with E-state index in [2.05, 4.69) is 45.6 Å². The second-order valence-electron chi connectivity index (χ2n) is 6.01. The highest BCUT2D eigenvalue weighted by molar-refractivity contribution is 5.35. The molecule has 2 saturated heterocycles. The van der Waals surface area contributed by atoms with Crippen molar-refractivity contribution in [1.29, 1.82) is 0 Å². The summed E-state index contributed by atoms with van der Waals surface area (Å²) in [7, 11) is 0. The molecule has 3 heterocycles. The third-order valence-corrected chi connectivity index (χ3v) is 4.62. The highest BCUT2D eigenvalue weighted by Crippen LogP contribution is 2.31. The maximum atomic E-state index is 4.42. The van der Waals surface area contributed by atoms with Crippen LogP contribution < -0.4 is 16.0 Å². The average molecular weight is 249 g/mol. The van der Waals surface area contributed by atoms with Gasteiger partial charge in [-0.1, -0.05) is 13.8 Å². The summed E-state index contributed by atoms with van der Waals surface area (Å²) in [6.07, 6.45) is 1.89. The SMILES string of the molecule is C[C@@H]1CNC[C@@]1(C)CNc1ccnn1C1CNC1. The van der Waals surface area contributed by atoms with Crippen molar-refractivity contribution >= 4 is 5.82 Å². The normalized spacial score (nSPS) is 32.4. The summed E-state index contributed by atoms with van der Waals surface area (Å²) in [5, 5.41) is 14.8. The minimum absolute atomic E-state index is 0.340. The van der Waals surface area contributed by atoms with Gasteiger partial charge in [0.25, 0.3) is 0 Å². The molecule has 5 heteroatoms. The molecule has 3 rings (SSSR count). The van der Waals surface area contributed by atoms with Crippen LogP contribution in [0.5, 0.6) is 0 Å². The average Bonchev–Trinajstić information content (AvgIpc) is 2.84. The van der Waals surface area contributed by atoms with Crippen LogP contribution in [0.4, 0.5) is 5.82 Å². The van der Waals surface area contributed by atoms with E-state index in [9.17, 15) is 0 Å². The van der Waals surface area contributed by atoms with Crippen molar-refractivity contribution in [2.24, 2.45) is 11.3 Å². The molecule has 0 spiro atoms. The first-order chi connectivity index (χ1) is 8.69. The minimum Gasteiger partial charge on any atom is -0.370 e. The lowest BCUT2D eigenvalue weighted by atomic mass is 9.81. The smallest absolute Gasteiger partial charge is 0.124 e. The second kappa shape index (κ2) is 4.55. The maximum Gasteiger partial charge on any atom is 0.124 e. The lowest BCUT2D eigenvalue weighted by molar-refractivity contribution is 0.291. The molecule has 1 aromatic rings. The molecule has 18 heavy (non-hydrogen) atoms. The summed E-state index contributed by atoms with van der Waals surface area (Å²) in [5.41, 5.74) is 0.340. The Kier molecular flexibility index (Phi) is 3.03. The van der Waals surface area contributed by atoms with Crippen molar-refractivity contribution in [3.63, 3.8) is 0 Å². The van der Waals surface area contributed by atoms with Crippen molar-refractivity contribution < 1.29 is 0 Å². The van der Waals surface area contributed by atoms with E-state index in [1.54, 1.807) is 0 Å². The quantitative estimate of drug-likeness (QED) is 0.735. The molecular weight excluding hydrogens is 226 g/mol. The Hall–Kier alpha value is -1.07. The Bertz CT molecular complexity index is 411. The zero-order valence-corrected chi connectivity index (χ0v) is 11.2. The predicted molar refractivity (Wildman–Crippen MR) is 72.8 cm³/mol. The number of hydrogen-bond donors (Lipinski definition) is 3. The topological polar surface area (TPSA) is 53.9 Å². The lowest BCUT2D eigenvalue weighted by Gasteiger charge is -2.31. The molecule has 0 radical (unpaired) electrons. The molecule has 2 aliphatic rings. The molecule has 100 valence electrons. The third-order valence-electron chi connectivity index (χ3n) is 4.62. The molecule has 0 amide bonds. The predicted octanol–water partition coefficient (Wildman–Crippen LogP) is 0.685. The highest BCUT2D eigenvalue weighted by Gasteiger charge is 2.35. The first-order valence-corrected chi connectivity index (χ1v) is 6.88. The Labute approximate surface area is 108 Å². The van der Waals surface area contributed by atoms with Gasteiger partial charge in [0, 0.05) is 37.7 Å². The van der Waals surface area contributed by atoms with Crippen LogP contribution in [0.3, 0.4) is 0 Å². The van der Waals surface area contributed by atoms with E-state index in [1.807, 2.05) is 6.20 Å². The minimum atomic E-state index is 0.340. The zero-order valence-electron chi connectivity index (χ0n) is 11.2. The highest BCUT2D eigenvalue weighted by atomic mass is 15.4. The lowest BCUT2D eigenvalue weighted by Crippen LogP contribution is -2.44. The Morgan fingerprint density at radius 1 is 1.44 bits per heavy atom. The summed E-state index contributed by atoms with van der Waals surface area (Å²) in [4.78, 5) is 0. The fourth-order valence-electron chi connectivity index (χ4n) is 2.72. The molecule has 2 fully saturated rings. The van der Waals surface area contributed by atoms with Gasteiger partial charge in [0.1, 0.15) is 5.82 Å². The van der Waals surface area contributed by atoms with E-state index in [1.165, 1.54) is 0 Å². The maximum absolute atomic E-state index is 4.42. The molecule has 0 saturated carbocycles. The number of nitrogens with zero attached hydrogens (tertiary/aromatic N) is 2. The summed E-state index contributed by atoms with van der Waals surface area (Å²) in [5.74, 6) is 1.87. The molecule has 0 unspecified atom stereocenters. The van der Waals surface area contributed by atoms with Crippen LogP contribution in [0.25, 0.3) is 0 Å². The van der Waals surface area contributed by atoms with Gasteiger partial charge in [-0.3, -0.25) is 0 Å². The largest absolute Gasteiger partial charge is 0.370 e. The number of hydrogen-bond acceptors (Lipinski definition) is 4. The van der Waals surface area contributed by atoms with E-state index < -0.39 is 0 Å². The Morgan fingerprint density at radius 2 is 2.28 bits per heavy atom. The van der Waals surface area contributed by atoms with E-state index in [0.29, 0.717) is 17.4 Å². The van der Waals surface area contributed by atoms with E-state index in [-0.39, 0.29) is 0 Å². The first-order valence-electron chi connectivity index (χ1n) is 6.88. The van der Waals surface area contributed by atoms with Gasteiger partial charge in [-0.2, -0.15) is 5.10 Å². The van der Waals surface area contributed by atoms with E-state index in [4.69, 9.17) is 0 Å². The van der Waals surface area contributed by atoms with Crippen molar-refractivity contribution in [3.8, 4) is 0 Å². The van der Waals surface area contributed by atoms with Crippen molar-refractivity contribution in [2.75, 3.05) is 38.0 Å². The Balaban J connectivity index is 1.64. The van der Waals surface area contributed by atoms with Gasteiger partial charge >= 0.3 is 0 Å². The molecule has 0 bridgehead atoms. The summed E-state index contributed by atoms with van der Waals surface area (Å²) < 4.78 is 2.12. The summed E-state index contributed by atoms with van der Waals surface area (Å²) >= 11 is 0. The van der Waals surface area contributed by atoms with E-state index >= 15 is 0 Å². The third kappa shape index (κ3) is 2.01. The Morgan fingerprint density at radius 3 is 2.89 bits per heavy atom. The monoisotopic (exact) mass is 249 g/mol. The van der Waals surface area contributed by atoms with Gasteiger partial charge < -0.3 is 16.0 Å². The molecule has 1 aromatic heterocycles. The number of anilines is 1. The number of nitrogens with one attached hydrogen (secondary N) is 3. The zero-order chi connectivity index (χ0) is 12.6. The fourth-order valence-corrected chi connectivity index (χ4v) is 2.72. The molecule has 2 atom stereocenters. The van der Waals surface area contributed by atoms with Crippen LogP contribution in [-0.4, -0.2) is 42.5 Å².